The van der Waals surface area contributed by atoms with E-state index in [0.717, 1.165) is 11.1 Å². The van der Waals surface area contributed by atoms with Gasteiger partial charge in [-0.15, -0.1) is 0 Å². The van der Waals surface area contributed by atoms with Crippen molar-refractivity contribution in [3.05, 3.63) is 65.9 Å². The molecule has 0 aliphatic heterocycles. The maximum Gasteiger partial charge on any atom is 0.269 e. The maximum atomic E-state index is 12.3. The van der Waals surface area contributed by atoms with E-state index < -0.39 is 0 Å². The number of rotatable bonds is 6. The van der Waals surface area contributed by atoms with E-state index in [0.29, 0.717) is 29.4 Å². The first-order valence-electron chi connectivity index (χ1n) is 7.81. The molecule has 0 fully saturated rings. The van der Waals surface area contributed by atoms with Crippen LogP contribution in [0.25, 0.3) is 11.3 Å². The van der Waals surface area contributed by atoms with Crippen LogP contribution in [0.1, 0.15) is 16.1 Å². The second kappa shape index (κ2) is 7.53. The number of carbonyl (C=O) groups excluding carboxylic acids is 1. The molecule has 2 N–H and O–H groups in total. The number of nitrogens with one attached hydrogen (secondary N) is 2. The summed E-state index contributed by atoms with van der Waals surface area (Å²) in [4.78, 5) is 12.3. The molecule has 0 atom stereocenters. The molecule has 6 nitrogen and oxygen atoms in total. The second-order valence-corrected chi connectivity index (χ2v) is 5.40. The molecule has 0 saturated heterocycles. The summed E-state index contributed by atoms with van der Waals surface area (Å²) in [5, 5.41) is 9.86. The van der Waals surface area contributed by atoms with E-state index >= 15 is 0 Å². The molecular weight excluding hydrogens is 318 g/mol. The minimum absolute atomic E-state index is 0.213. The summed E-state index contributed by atoms with van der Waals surface area (Å²) in [6.07, 6.45) is 0. The molecule has 3 aromatic rings. The van der Waals surface area contributed by atoms with Crippen LogP contribution in [0.4, 0.5) is 0 Å². The quantitative estimate of drug-likeness (QED) is 0.725. The van der Waals surface area contributed by atoms with Crippen LogP contribution in [-0.2, 0) is 6.54 Å². The Labute approximate surface area is 145 Å². The highest BCUT2D eigenvalue weighted by Crippen LogP contribution is 2.32. The lowest BCUT2D eigenvalue weighted by molar-refractivity contribution is 0.0946. The molecule has 0 spiro atoms. The zero-order valence-electron chi connectivity index (χ0n) is 14.1. The zero-order valence-corrected chi connectivity index (χ0v) is 14.1. The van der Waals surface area contributed by atoms with Gasteiger partial charge < -0.3 is 14.8 Å². The normalized spacial score (nSPS) is 10.3. The summed E-state index contributed by atoms with van der Waals surface area (Å²) in [6.45, 7) is 0.458. The average molecular weight is 337 g/mol. The van der Waals surface area contributed by atoms with Crippen molar-refractivity contribution in [3.63, 3.8) is 0 Å². The van der Waals surface area contributed by atoms with Crippen molar-refractivity contribution in [3.8, 4) is 22.8 Å². The van der Waals surface area contributed by atoms with Gasteiger partial charge in [-0.2, -0.15) is 5.10 Å². The van der Waals surface area contributed by atoms with Crippen molar-refractivity contribution in [2.45, 2.75) is 6.54 Å². The Morgan fingerprint density at radius 3 is 2.60 bits per heavy atom. The second-order valence-electron chi connectivity index (χ2n) is 5.40. The third kappa shape index (κ3) is 3.80. The fourth-order valence-corrected chi connectivity index (χ4v) is 2.46. The van der Waals surface area contributed by atoms with Crippen molar-refractivity contribution >= 4 is 5.91 Å². The number of carbonyl (C=O) groups is 1. The smallest absolute Gasteiger partial charge is 0.269 e. The average Bonchev–Trinajstić information content (AvgIpc) is 3.16. The van der Waals surface area contributed by atoms with Crippen LogP contribution in [0.2, 0.25) is 0 Å². The third-order valence-electron chi connectivity index (χ3n) is 3.80. The molecule has 0 aliphatic carbocycles. The Kier molecular flexibility index (Phi) is 4.99. The van der Waals surface area contributed by atoms with Crippen LogP contribution in [-0.4, -0.2) is 30.3 Å². The van der Waals surface area contributed by atoms with Gasteiger partial charge in [0.25, 0.3) is 5.91 Å². The van der Waals surface area contributed by atoms with Crippen molar-refractivity contribution in [2.24, 2.45) is 0 Å². The van der Waals surface area contributed by atoms with E-state index in [-0.39, 0.29) is 5.91 Å². The molecule has 0 aliphatic rings. The van der Waals surface area contributed by atoms with Crippen LogP contribution in [0.3, 0.4) is 0 Å². The van der Waals surface area contributed by atoms with Gasteiger partial charge in [-0.1, -0.05) is 30.3 Å². The summed E-state index contributed by atoms with van der Waals surface area (Å²) < 4.78 is 10.6. The molecule has 128 valence electrons. The summed E-state index contributed by atoms with van der Waals surface area (Å²) in [7, 11) is 3.18. The van der Waals surface area contributed by atoms with Gasteiger partial charge in [-0.05, 0) is 23.8 Å². The Morgan fingerprint density at radius 2 is 1.88 bits per heavy atom. The first-order chi connectivity index (χ1) is 12.2. The molecule has 0 unspecified atom stereocenters. The molecule has 0 radical (unpaired) electrons. The Balaban J connectivity index is 1.75. The van der Waals surface area contributed by atoms with E-state index in [1.165, 1.54) is 0 Å². The number of hydrogen-bond acceptors (Lipinski definition) is 4. The van der Waals surface area contributed by atoms with Crippen molar-refractivity contribution < 1.29 is 14.3 Å². The number of aromatic nitrogens is 2. The summed E-state index contributed by atoms with van der Waals surface area (Å²) in [6, 6.07) is 16.9. The third-order valence-corrected chi connectivity index (χ3v) is 3.80. The lowest BCUT2D eigenvalue weighted by Gasteiger charge is -2.08. The van der Waals surface area contributed by atoms with E-state index in [9.17, 15) is 4.79 Å². The highest BCUT2D eigenvalue weighted by atomic mass is 16.5. The SMILES string of the molecule is COc1ccc(-c2cc(C(=O)NCc3ccccc3)[nH]n2)c(OC)c1. The monoisotopic (exact) mass is 337 g/mol. The van der Waals surface area contributed by atoms with Crippen molar-refractivity contribution in [1.82, 2.24) is 15.5 Å². The first-order valence-corrected chi connectivity index (χ1v) is 7.81. The van der Waals surface area contributed by atoms with Crippen molar-refractivity contribution in [1.29, 1.82) is 0 Å². The Morgan fingerprint density at radius 1 is 1.08 bits per heavy atom. The van der Waals surface area contributed by atoms with Crippen LogP contribution in [0.5, 0.6) is 11.5 Å². The molecule has 25 heavy (non-hydrogen) atoms. The molecular formula is C19H19N3O3. The van der Waals surface area contributed by atoms with Gasteiger partial charge in [0.15, 0.2) is 0 Å². The summed E-state index contributed by atoms with van der Waals surface area (Å²) in [5.74, 6) is 1.11. The minimum Gasteiger partial charge on any atom is -0.497 e. The van der Waals surface area contributed by atoms with Crippen LogP contribution in [0.15, 0.2) is 54.6 Å². The maximum absolute atomic E-state index is 12.3. The number of benzene rings is 2. The van der Waals surface area contributed by atoms with Crippen LogP contribution >= 0.6 is 0 Å². The number of hydrogen-bond donors (Lipinski definition) is 2. The molecule has 1 aromatic heterocycles. The molecule has 0 bridgehead atoms. The highest BCUT2D eigenvalue weighted by Gasteiger charge is 2.14. The predicted molar refractivity (Wildman–Crippen MR) is 94.7 cm³/mol. The van der Waals surface area contributed by atoms with Gasteiger partial charge in [0.1, 0.15) is 17.2 Å². The summed E-state index contributed by atoms with van der Waals surface area (Å²) in [5.41, 5.74) is 2.84. The van der Waals surface area contributed by atoms with E-state index in [2.05, 4.69) is 15.5 Å². The number of nitrogens with zero attached hydrogens (tertiary/aromatic N) is 1. The number of aromatic amines is 1. The van der Waals surface area contributed by atoms with Gasteiger partial charge in [0.05, 0.1) is 19.9 Å². The van der Waals surface area contributed by atoms with E-state index in [4.69, 9.17) is 9.47 Å². The molecule has 2 aromatic carbocycles. The van der Waals surface area contributed by atoms with Crippen molar-refractivity contribution in [2.75, 3.05) is 14.2 Å². The molecule has 0 saturated carbocycles. The van der Waals surface area contributed by atoms with E-state index in [1.54, 1.807) is 26.4 Å². The number of methoxy groups -OCH3 is 2. The molecule has 1 heterocycles. The van der Waals surface area contributed by atoms with Crippen LogP contribution in [0, 0.1) is 0 Å². The Bertz CT molecular complexity index is 859. The zero-order chi connectivity index (χ0) is 17.6. The van der Waals surface area contributed by atoms with Gasteiger partial charge in [0, 0.05) is 18.2 Å². The lowest BCUT2D eigenvalue weighted by Crippen LogP contribution is -2.23. The van der Waals surface area contributed by atoms with Gasteiger partial charge >= 0.3 is 0 Å². The molecule has 1 amide bonds. The van der Waals surface area contributed by atoms with Gasteiger partial charge in [-0.3, -0.25) is 9.89 Å². The van der Waals surface area contributed by atoms with Gasteiger partial charge in [0.2, 0.25) is 0 Å². The number of amides is 1. The topological polar surface area (TPSA) is 76.2 Å². The van der Waals surface area contributed by atoms with Gasteiger partial charge in [-0.25, -0.2) is 0 Å². The molecule has 3 rings (SSSR count). The Hall–Kier alpha value is -3.28. The summed E-state index contributed by atoms with van der Waals surface area (Å²) >= 11 is 0. The fraction of sp³-hybridized carbons (Fsp3) is 0.158. The largest absolute Gasteiger partial charge is 0.497 e. The predicted octanol–water partition coefficient (Wildman–Crippen LogP) is 3.02. The molecule has 6 heteroatoms. The number of ether oxygens (including phenoxy) is 2. The van der Waals surface area contributed by atoms with Crippen LogP contribution < -0.4 is 14.8 Å². The standard InChI is InChI=1S/C19H19N3O3/c1-24-14-8-9-15(18(10-14)25-2)16-11-17(22-21-16)19(23)20-12-13-6-4-3-5-7-13/h3-11H,12H2,1-2H3,(H,20,23)(H,21,22). The minimum atomic E-state index is -0.213. The lowest BCUT2D eigenvalue weighted by atomic mass is 10.1. The highest BCUT2D eigenvalue weighted by molar-refractivity contribution is 5.93. The fourth-order valence-electron chi connectivity index (χ4n) is 2.46. The first kappa shape index (κ1) is 16.6. The van der Waals surface area contributed by atoms with E-state index in [1.807, 2.05) is 42.5 Å². The number of H-pyrrole nitrogens is 1.